The van der Waals surface area contributed by atoms with Gasteiger partial charge < -0.3 is 19.4 Å². The minimum atomic E-state index is -0.00254. The number of carbonyl (C=O) groups excluding carboxylic acids is 1. The van der Waals surface area contributed by atoms with Gasteiger partial charge in [0.1, 0.15) is 0 Å². The van der Waals surface area contributed by atoms with Gasteiger partial charge in [0.05, 0.1) is 20.1 Å². The van der Waals surface area contributed by atoms with Crippen LogP contribution in [0.2, 0.25) is 0 Å². The summed E-state index contributed by atoms with van der Waals surface area (Å²) in [6.07, 6.45) is 3.30. The molecule has 1 aromatic heterocycles. The number of para-hydroxylation sites is 3. The van der Waals surface area contributed by atoms with E-state index in [1.165, 1.54) is 10.9 Å². The fourth-order valence-corrected chi connectivity index (χ4v) is 2.89. The average Bonchev–Trinajstić information content (AvgIpc) is 3.09. The summed E-state index contributed by atoms with van der Waals surface area (Å²) in [5.74, 6) is 1.33. The zero-order valence-corrected chi connectivity index (χ0v) is 15.0. The number of aromatic nitrogens is 1. The highest BCUT2D eigenvalue weighted by atomic mass is 16.5. The maximum Gasteiger partial charge on any atom is 0.223 e. The van der Waals surface area contributed by atoms with Gasteiger partial charge in [-0.1, -0.05) is 30.3 Å². The number of carbonyl (C=O) groups is 1. The molecular formula is C21H24N2O3. The predicted octanol–water partition coefficient (Wildman–Crippen LogP) is 3.63. The van der Waals surface area contributed by atoms with Gasteiger partial charge in [-0.05, 0) is 36.1 Å². The number of benzene rings is 2. The van der Waals surface area contributed by atoms with Crippen molar-refractivity contribution in [2.75, 3.05) is 20.3 Å². The van der Waals surface area contributed by atoms with Crippen LogP contribution in [-0.4, -0.2) is 30.7 Å². The molecule has 0 atom stereocenters. The molecule has 0 saturated carbocycles. The third-order valence-electron chi connectivity index (χ3n) is 4.23. The first-order valence-corrected chi connectivity index (χ1v) is 8.84. The summed E-state index contributed by atoms with van der Waals surface area (Å²) in [7, 11) is 1.60. The van der Waals surface area contributed by atoms with Gasteiger partial charge in [0.2, 0.25) is 5.91 Å². The molecule has 1 amide bonds. The van der Waals surface area contributed by atoms with Gasteiger partial charge in [-0.2, -0.15) is 0 Å². The maximum atomic E-state index is 11.9. The molecular weight excluding hydrogens is 328 g/mol. The van der Waals surface area contributed by atoms with Crippen LogP contribution in [0.5, 0.6) is 11.5 Å². The SMILES string of the molecule is COc1ccccc1OCCC(=O)NCCCn1ccc2ccccc21. The van der Waals surface area contributed by atoms with E-state index in [9.17, 15) is 4.79 Å². The molecule has 0 bridgehead atoms. The van der Waals surface area contributed by atoms with Crippen molar-refractivity contribution in [1.82, 2.24) is 9.88 Å². The van der Waals surface area contributed by atoms with Crippen molar-refractivity contribution in [1.29, 1.82) is 0 Å². The molecule has 0 fully saturated rings. The van der Waals surface area contributed by atoms with E-state index in [0.29, 0.717) is 31.1 Å². The van der Waals surface area contributed by atoms with Crippen LogP contribution in [-0.2, 0) is 11.3 Å². The lowest BCUT2D eigenvalue weighted by molar-refractivity contribution is -0.121. The molecule has 136 valence electrons. The van der Waals surface area contributed by atoms with Gasteiger partial charge in [-0.25, -0.2) is 0 Å². The van der Waals surface area contributed by atoms with E-state index in [4.69, 9.17) is 9.47 Å². The first-order valence-electron chi connectivity index (χ1n) is 8.84. The van der Waals surface area contributed by atoms with Crippen LogP contribution >= 0.6 is 0 Å². The zero-order chi connectivity index (χ0) is 18.2. The third-order valence-corrected chi connectivity index (χ3v) is 4.23. The zero-order valence-electron chi connectivity index (χ0n) is 15.0. The number of fused-ring (bicyclic) bond motifs is 1. The highest BCUT2D eigenvalue weighted by Crippen LogP contribution is 2.25. The van der Waals surface area contributed by atoms with Crippen molar-refractivity contribution < 1.29 is 14.3 Å². The summed E-state index contributed by atoms with van der Waals surface area (Å²) in [5.41, 5.74) is 1.23. The van der Waals surface area contributed by atoms with E-state index in [1.807, 2.05) is 36.4 Å². The van der Waals surface area contributed by atoms with E-state index in [0.717, 1.165) is 13.0 Å². The fraction of sp³-hybridized carbons (Fsp3) is 0.286. The lowest BCUT2D eigenvalue weighted by Crippen LogP contribution is -2.26. The van der Waals surface area contributed by atoms with Crippen LogP contribution in [0.1, 0.15) is 12.8 Å². The van der Waals surface area contributed by atoms with Crippen molar-refractivity contribution in [2.24, 2.45) is 0 Å². The molecule has 0 aliphatic carbocycles. The van der Waals surface area contributed by atoms with Crippen LogP contribution < -0.4 is 14.8 Å². The summed E-state index contributed by atoms with van der Waals surface area (Å²) < 4.78 is 13.1. The van der Waals surface area contributed by atoms with E-state index < -0.39 is 0 Å². The highest BCUT2D eigenvalue weighted by Gasteiger charge is 2.05. The number of rotatable bonds is 9. The largest absolute Gasteiger partial charge is 0.493 e. The molecule has 0 aliphatic rings. The molecule has 2 aromatic carbocycles. The van der Waals surface area contributed by atoms with Crippen LogP contribution in [0.4, 0.5) is 0 Å². The number of hydrogen-bond donors (Lipinski definition) is 1. The molecule has 3 rings (SSSR count). The maximum absolute atomic E-state index is 11.9. The minimum Gasteiger partial charge on any atom is -0.493 e. The lowest BCUT2D eigenvalue weighted by Gasteiger charge is -2.10. The average molecular weight is 352 g/mol. The van der Waals surface area contributed by atoms with Gasteiger partial charge in [-0.15, -0.1) is 0 Å². The van der Waals surface area contributed by atoms with Crippen LogP contribution in [0, 0.1) is 0 Å². The summed E-state index contributed by atoms with van der Waals surface area (Å²) in [5, 5.41) is 4.19. The first-order chi connectivity index (χ1) is 12.8. The van der Waals surface area contributed by atoms with Gasteiger partial charge >= 0.3 is 0 Å². The first kappa shape index (κ1) is 17.9. The highest BCUT2D eigenvalue weighted by molar-refractivity contribution is 5.79. The summed E-state index contributed by atoms with van der Waals surface area (Å²) in [4.78, 5) is 11.9. The summed E-state index contributed by atoms with van der Waals surface area (Å²) in [6.45, 7) is 1.86. The molecule has 0 radical (unpaired) electrons. The normalized spacial score (nSPS) is 10.7. The van der Waals surface area contributed by atoms with E-state index in [1.54, 1.807) is 7.11 Å². The van der Waals surface area contributed by atoms with Crippen LogP contribution in [0.25, 0.3) is 10.9 Å². The van der Waals surface area contributed by atoms with E-state index in [2.05, 4.69) is 34.3 Å². The second-order valence-electron chi connectivity index (χ2n) is 6.02. The summed E-state index contributed by atoms with van der Waals surface area (Å²) >= 11 is 0. The Morgan fingerprint density at radius 1 is 1.04 bits per heavy atom. The van der Waals surface area contributed by atoms with Gasteiger partial charge in [0.25, 0.3) is 0 Å². The molecule has 0 spiro atoms. The Bertz CT molecular complexity index is 857. The molecule has 1 N–H and O–H groups in total. The fourth-order valence-electron chi connectivity index (χ4n) is 2.89. The number of nitrogens with one attached hydrogen (secondary N) is 1. The predicted molar refractivity (Wildman–Crippen MR) is 103 cm³/mol. The molecule has 0 aliphatic heterocycles. The Balaban J connectivity index is 1.35. The molecule has 26 heavy (non-hydrogen) atoms. The van der Waals surface area contributed by atoms with Crippen molar-refractivity contribution in [2.45, 2.75) is 19.4 Å². The number of amides is 1. The van der Waals surface area contributed by atoms with Gasteiger partial charge in [0.15, 0.2) is 11.5 Å². The van der Waals surface area contributed by atoms with Crippen LogP contribution in [0.15, 0.2) is 60.8 Å². The quantitative estimate of drug-likeness (QED) is 0.599. The molecule has 0 saturated heterocycles. The van der Waals surface area contributed by atoms with Gasteiger partial charge in [-0.3, -0.25) is 4.79 Å². The third kappa shape index (κ3) is 4.57. The number of aryl methyl sites for hydroxylation is 1. The van der Waals surface area contributed by atoms with Crippen molar-refractivity contribution >= 4 is 16.8 Å². The number of ether oxygens (including phenoxy) is 2. The smallest absolute Gasteiger partial charge is 0.223 e. The van der Waals surface area contributed by atoms with Gasteiger partial charge in [0, 0.05) is 24.8 Å². The second-order valence-corrected chi connectivity index (χ2v) is 6.02. The Morgan fingerprint density at radius 3 is 2.65 bits per heavy atom. The number of nitrogens with zero attached hydrogens (tertiary/aromatic N) is 1. The number of methoxy groups -OCH3 is 1. The minimum absolute atomic E-state index is 0.00254. The lowest BCUT2D eigenvalue weighted by atomic mass is 10.2. The standard InChI is InChI=1S/C21H24N2O3/c1-25-19-9-4-5-10-20(19)26-16-12-21(24)22-13-6-14-23-15-11-17-7-2-3-8-18(17)23/h2-5,7-11,15H,6,12-14,16H2,1H3,(H,22,24). The molecule has 0 unspecified atom stereocenters. The van der Waals surface area contributed by atoms with Crippen molar-refractivity contribution in [3.63, 3.8) is 0 Å². The molecule has 1 heterocycles. The number of hydrogen-bond acceptors (Lipinski definition) is 3. The Kier molecular flexibility index (Phi) is 6.14. The Hall–Kier alpha value is -2.95. The monoisotopic (exact) mass is 352 g/mol. The van der Waals surface area contributed by atoms with Crippen LogP contribution in [0.3, 0.4) is 0 Å². The Morgan fingerprint density at radius 2 is 1.81 bits per heavy atom. The Labute approximate surface area is 153 Å². The second kappa shape index (κ2) is 8.94. The molecule has 5 heteroatoms. The van der Waals surface area contributed by atoms with E-state index >= 15 is 0 Å². The van der Waals surface area contributed by atoms with Crippen molar-refractivity contribution in [3.05, 3.63) is 60.8 Å². The molecule has 3 aromatic rings. The molecule has 5 nitrogen and oxygen atoms in total. The summed E-state index contributed by atoms with van der Waals surface area (Å²) in [6, 6.07) is 17.8. The topological polar surface area (TPSA) is 52.5 Å². The van der Waals surface area contributed by atoms with Crippen molar-refractivity contribution in [3.8, 4) is 11.5 Å². The van der Waals surface area contributed by atoms with E-state index in [-0.39, 0.29) is 5.91 Å².